The molecule has 5 heteroatoms. The van der Waals surface area contributed by atoms with Crippen molar-refractivity contribution in [3.8, 4) is 0 Å². The van der Waals surface area contributed by atoms with E-state index in [1.807, 2.05) is 43.9 Å². The molecule has 142 valence electrons. The average molecular weight is 358 g/mol. The van der Waals surface area contributed by atoms with E-state index in [9.17, 15) is 9.59 Å². The zero-order chi connectivity index (χ0) is 18.8. The molecule has 1 aromatic rings. The van der Waals surface area contributed by atoms with Crippen molar-refractivity contribution < 1.29 is 14.3 Å². The molecule has 1 aromatic carbocycles. The van der Waals surface area contributed by atoms with Gasteiger partial charge in [-0.15, -0.1) is 0 Å². The third kappa shape index (κ3) is 4.57. The lowest BCUT2D eigenvalue weighted by atomic mass is 9.72. The Bertz CT molecular complexity index is 635. The highest BCUT2D eigenvalue weighted by molar-refractivity contribution is 5.76. The summed E-state index contributed by atoms with van der Waals surface area (Å²) < 4.78 is 5.43. The highest BCUT2D eigenvalue weighted by Crippen LogP contribution is 2.41. The fraction of sp³-hybridized carbons (Fsp3) is 0.619. The maximum absolute atomic E-state index is 12.5. The first-order chi connectivity index (χ1) is 12.3. The standard InChI is InChI=1S/C21H30N2O3/c1-20(2,3)26-19(25)23-15-21(16-23)11-13-22(14-12-21)18(24)10-9-17-7-5-4-6-8-17/h4-8H,9-16H2,1-3H3. The molecule has 0 N–H and O–H groups in total. The van der Waals surface area contributed by atoms with Gasteiger partial charge in [-0.25, -0.2) is 4.79 Å². The number of likely N-dealkylation sites (tertiary alicyclic amines) is 2. The van der Waals surface area contributed by atoms with Gasteiger partial charge in [0.05, 0.1) is 0 Å². The lowest BCUT2D eigenvalue weighted by Crippen LogP contribution is -2.62. The number of amides is 2. The van der Waals surface area contributed by atoms with Crippen molar-refractivity contribution in [2.75, 3.05) is 26.2 Å². The number of hydrogen-bond donors (Lipinski definition) is 0. The molecule has 0 saturated carbocycles. The van der Waals surface area contributed by atoms with E-state index in [4.69, 9.17) is 4.74 Å². The van der Waals surface area contributed by atoms with Crippen LogP contribution in [0.3, 0.4) is 0 Å². The molecular weight excluding hydrogens is 328 g/mol. The molecule has 0 unspecified atom stereocenters. The van der Waals surface area contributed by atoms with Gasteiger partial charge in [0.15, 0.2) is 0 Å². The number of carbonyl (C=O) groups is 2. The van der Waals surface area contributed by atoms with Gasteiger partial charge in [0.25, 0.3) is 0 Å². The maximum atomic E-state index is 12.5. The van der Waals surface area contributed by atoms with Gasteiger partial charge in [-0.1, -0.05) is 30.3 Å². The van der Waals surface area contributed by atoms with Crippen LogP contribution in [0.2, 0.25) is 0 Å². The highest BCUT2D eigenvalue weighted by Gasteiger charge is 2.48. The lowest BCUT2D eigenvalue weighted by Gasteiger charge is -2.53. The second-order valence-electron chi connectivity index (χ2n) is 8.70. The maximum Gasteiger partial charge on any atom is 0.410 e. The van der Waals surface area contributed by atoms with E-state index in [1.165, 1.54) is 5.56 Å². The number of carbonyl (C=O) groups excluding carboxylic acids is 2. The van der Waals surface area contributed by atoms with Crippen LogP contribution < -0.4 is 0 Å². The largest absolute Gasteiger partial charge is 0.444 e. The molecule has 2 fully saturated rings. The van der Waals surface area contributed by atoms with Gasteiger partial charge >= 0.3 is 6.09 Å². The van der Waals surface area contributed by atoms with Gasteiger partial charge in [0.2, 0.25) is 5.91 Å². The Labute approximate surface area is 156 Å². The van der Waals surface area contributed by atoms with Crippen LogP contribution in [-0.4, -0.2) is 53.6 Å². The molecule has 2 heterocycles. The van der Waals surface area contributed by atoms with Crippen molar-refractivity contribution in [3.63, 3.8) is 0 Å². The normalized spacial score (nSPS) is 19.2. The quantitative estimate of drug-likeness (QED) is 0.831. The van der Waals surface area contributed by atoms with Gasteiger partial charge in [-0.3, -0.25) is 4.79 Å². The molecule has 0 radical (unpaired) electrons. The molecule has 0 bridgehead atoms. The third-order valence-electron chi connectivity index (χ3n) is 5.35. The van der Waals surface area contributed by atoms with E-state index >= 15 is 0 Å². The number of aryl methyl sites for hydroxylation is 1. The number of piperidine rings is 1. The zero-order valence-electron chi connectivity index (χ0n) is 16.2. The van der Waals surface area contributed by atoms with Crippen LogP contribution in [0.1, 0.15) is 45.6 Å². The minimum Gasteiger partial charge on any atom is -0.444 e. The molecule has 1 spiro atoms. The SMILES string of the molecule is CC(C)(C)OC(=O)N1CC2(CCN(C(=O)CCc3ccccc3)CC2)C1. The number of ether oxygens (including phenoxy) is 1. The van der Waals surface area contributed by atoms with Gasteiger partial charge < -0.3 is 14.5 Å². The van der Waals surface area contributed by atoms with E-state index in [1.54, 1.807) is 4.90 Å². The number of benzene rings is 1. The molecular formula is C21H30N2O3. The molecule has 0 atom stereocenters. The molecule has 5 nitrogen and oxygen atoms in total. The number of nitrogens with zero attached hydrogens (tertiary/aromatic N) is 2. The van der Waals surface area contributed by atoms with E-state index in [0.29, 0.717) is 6.42 Å². The van der Waals surface area contributed by atoms with Crippen molar-refractivity contribution in [1.29, 1.82) is 0 Å². The lowest BCUT2D eigenvalue weighted by molar-refractivity contribution is -0.136. The molecule has 2 amide bonds. The van der Waals surface area contributed by atoms with Crippen molar-refractivity contribution in [2.45, 2.75) is 52.1 Å². The Morgan fingerprint density at radius 2 is 1.65 bits per heavy atom. The zero-order valence-corrected chi connectivity index (χ0v) is 16.2. The molecule has 3 rings (SSSR count). The molecule has 2 aliphatic heterocycles. The van der Waals surface area contributed by atoms with Crippen molar-refractivity contribution >= 4 is 12.0 Å². The van der Waals surface area contributed by atoms with Gasteiger partial charge in [-0.05, 0) is 45.6 Å². The van der Waals surface area contributed by atoms with Crippen molar-refractivity contribution in [2.24, 2.45) is 5.41 Å². The van der Waals surface area contributed by atoms with E-state index in [0.717, 1.165) is 45.4 Å². The van der Waals surface area contributed by atoms with Crippen LogP contribution in [0.4, 0.5) is 4.79 Å². The van der Waals surface area contributed by atoms with Gasteiger partial charge in [0, 0.05) is 38.0 Å². The fourth-order valence-corrected chi connectivity index (χ4v) is 3.82. The Morgan fingerprint density at radius 1 is 1.04 bits per heavy atom. The van der Waals surface area contributed by atoms with Crippen LogP contribution in [0.15, 0.2) is 30.3 Å². The van der Waals surface area contributed by atoms with Gasteiger partial charge in [-0.2, -0.15) is 0 Å². The molecule has 2 saturated heterocycles. The first-order valence-electron chi connectivity index (χ1n) is 9.56. The first kappa shape index (κ1) is 18.7. The van der Waals surface area contributed by atoms with E-state index < -0.39 is 5.60 Å². The Balaban J connectivity index is 1.41. The van der Waals surface area contributed by atoms with Gasteiger partial charge in [0.1, 0.15) is 5.60 Å². The minimum absolute atomic E-state index is 0.188. The second kappa shape index (κ2) is 7.29. The Kier molecular flexibility index (Phi) is 5.26. The Hall–Kier alpha value is -2.04. The first-order valence-corrected chi connectivity index (χ1v) is 9.56. The summed E-state index contributed by atoms with van der Waals surface area (Å²) in [6.07, 6.45) is 3.10. The smallest absolute Gasteiger partial charge is 0.410 e. The van der Waals surface area contributed by atoms with Crippen LogP contribution in [0.25, 0.3) is 0 Å². The molecule has 2 aliphatic rings. The Morgan fingerprint density at radius 3 is 2.23 bits per heavy atom. The second-order valence-corrected chi connectivity index (χ2v) is 8.70. The number of hydrogen-bond acceptors (Lipinski definition) is 3. The fourth-order valence-electron chi connectivity index (χ4n) is 3.82. The van der Waals surface area contributed by atoms with Crippen LogP contribution in [0.5, 0.6) is 0 Å². The summed E-state index contributed by atoms with van der Waals surface area (Å²) >= 11 is 0. The topological polar surface area (TPSA) is 49.9 Å². The molecule has 0 aliphatic carbocycles. The van der Waals surface area contributed by atoms with E-state index in [2.05, 4.69) is 12.1 Å². The summed E-state index contributed by atoms with van der Waals surface area (Å²) in [4.78, 5) is 28.3. The predicted molar refractivity (Wildman–Crippen MR) is 101 cm³/mol. The minimum atomic E-state index is -0.450. The average Bonchev–Trinajstić information content (AvgIpc) is 2.57. The predicted octanol–water partition coefficient (Wildman–Crippen LogP) is 3.48. The summed E-state index contributed by atoms with van der Waals surface area (Å²) in [5.74, 6) is 0.243. The summed E-state index contributed by atoms with van der Waals surface area (Å²) in [5.41, 5.74) is 0.947. The van der Waals surface area contributed by atoms with Crippen LogP contribution in [0, 0.1) is 5.41 Å². The van der Waals surface area contributed by atoms with Crippen LogP contribution >= 0.6 is 0 Å². The highest BCUT2D eigenvalue weighted by atomic mass is 16.6. The summed E-state index contributed by atoms with van der Waals surface area (Å²) in [5, 5.41) is 0. The van der Waals surface area contributed by atoms with Crippen LogP contribution in [-0.2, 0) is 16.0 Å². The summed E-state index contributed by atoms with van der Waals surface area (Å²) in [7, 11) is 0. The molecule has 26 heavy (non-hydrogen) atoms. The number of rotatable bonds is 3. The molecule has 0 aromatic heterocycles. The third-order valence-corrected chi connectivity index (χ3v) is 5.35. The van der Waals surface area contributed by atoms with Crippen molar-refractivity contribution in [1.82, 2.24) is 9.80 Å². The summed E-state index contributed by atoms with van der Waals surface area (Å²) in [6.45, 7) is 8.79. The van der Waals surface area contributed by atoms with E-state index in [-0.39, 0.29) is 17.4 Å². The summed E-state index contributed by atoms with van der Waals surface area (Å²) in [6, 6.07) is 10.2. The van der Waals surface area contributed by atoms with Crippen molar-refractivity contribution in [3.05, 3.63) is 35.9 Å². The monoisotopic (exact) mass is 358 g/mol.